The Morgan fingerprint density at radius 3 is 2.33 bits per heavy atom. The van der Waals surface area contributed by atoms with E-state index in [1.54, 1.807) is 18.2 Å². The van der Waals surface area contributed by atoms with E-state index in [1.165, 1.54) is 16.7 Å². The molecular formula is C41H48F2N6O11. The first-order chi connectivity index (χ1) is 28.6. The highest BCUT2D eigenvalue weighted by Gasteiger charge is 2.47. The molecule has 60 heavy (non-hydrogen) atoms. The fourth-order valence-corrected chi connectivity index (χ4v) is 8.65. The van der Waals surface area contributed by atoms with Crippen LogP contribution in [0.25, 0.3) is 0 Å². The van der Waals surface area contributed by atoms with Crippen molar-refractivity contribution in [3.05, 3.63) is 59.2 Å². The van der Waals surface area contributed by atoms with Crippen molar-refractivity contribution in [3.63, 3.8) is 0 Å². The molecule has 2 aromatic carbocycles. The minimum Gasteiger partial charge on any atom is -0.461 e. The summed E-state index contributed by atoms with van der Waals surface area (Å²) in [5.74, 6) is -6.34. The maximum absolute atomic E-state index is 14.6. The van der Waals surface area contributed by atoms with E-state index >= 15 is 0 Å². The zero-order valence-corrected chi connectivity index (χ0v) is 33.2. The third kappa shape index (κ3) is 9.30. The monoisotopic (exact) mass is 838 g/mol. The van der Waals surface area contributed by atoms with Crippen molar-refractivity contribution in [1.29, 1.82) is 0 Å². The number of aliphatic hydroxyl groups excluding tert-OH is 1. The maximum Gasteiger partial charge on any atom is 0.328 e. The summed E-state index contributed by atoms with van der Waals surface area (Å²) in [4.78, 5) is 101. The third-order valence-corrected chi connectivity index (χ3v) is 11.6. The van der Waals surface area contributed by atoms with Gasteiger partial charge >= 0.3 is 5.97 Å². The Bertz CT molecular complexity index is 2030. The highest BCUT2D eigenvalue weighted by atomic mass is 19.1. The molecule has 4 saturated heterocycles. The SMILES string of the molecule is C[C@@H]1C[C@H]2C(=O)OC[C@H](NC(=O)[C@H](Cc3cc(F)cc(F)c3)NC(=O)Cc3ccc4c(c3)OCO4)C(=O)N3C[C@H](O)C[C@H]3C(=O)N3CCCCC3C(=O)N[C@@H](C)C(=O)N2C1. The van der Waals surface area contributed by atoms with Gasteiger partial charge in [0.25, 0.3) is 0 Å². The van der Waals surface area contributed by atoms with Gasteiger partial charge in [0.05, 0.1) is 12.5 Å². The number of benzene rings is 2. The average Bonchev–Trinajstić information content (AvgIpc) is 3.95. The summed E-state index contributed by atoms with van der Waals surface area (Å²) in [5, 5.41) is 18.7. The van der Waals surface area contributed by atoms with Gasteiger partial charge in [-0.3, -0.25) is 28.8 Å². The average molecular weight is 839 g/mol. The molecule has 5 aliphatic heterocycles. The number of hydrogen-bond donors (Lipinski definition) is 4. The summed E-state index contributed by atoms with van der Waals surface area (Å²) in [5.41, 5.74) is 0.488. The summed E-state index contributed by atoms with van der Waals surface area (Å²) in [6.07, 6.45) is -0.381. The molecular weight excluding hydrogens is 790 g/mol. The number of cyclic esters (lactones) is 1. The molecule has 6 amide bonds. The van der Waals surface area contributed by atoms with Gasteiger partial charge in [-0.25, -0.2) is 13.6 Å². The van der Waals surface area contributed by atoms with E-state index in [0.29, 0.717) is 36.0 Å². The fraction of sp³-hybridized carbons (Fsp3) is 0.537. The van der Waals surface area contributed by atoms with Crippen LogP contribution in [-0.4, -0.2) is 137 Å². The lowest BCUT2D eigenvalue weighted by Gasteiger charge is -2.39. The molecule has 322 valence electrons. The van der Waals surface area contributed by atoms with Gasteiger partial charge in [-0.15, -0.1) is 0 Å². The van der Waals surface area contributed by atoms with E-state index in [4.69, 9.17) is 14.2 Å². The molecule has 0 bridgehead atoms. The first-order valence-electron chi connectivity index (χ1n) is 20.1. The molecule has 5 aliphatic rings. The highest BCUT2D eigenvalue weighted by Crippen LogP contribution is 2.33. The number of carbonyl (C=O) groups is 7. The molecule has 19 heteroatoms. The zero-order chi connectivity index (χ0) is 42.8. The largest absolute Gasteiger partial charge is 0.461 e. The van der Waals surface area contributed by atoms with Crippen LogP contribution < -0.4 is 25.4 Å². The summed E-state index contributed by atoms with van der Waals surface area (Å²) < 4.78 is 45.1. The quantitative estimate of drug-likeness (QED) is 0.275. The topological polar surface area (TPSA) is 213 Å². The van der Waals surface area contributed by atoms with Gasteiger partial charge in [-0.05, 0) is 73.9 Å². The van der Waals surface area contributed by atoms with Gasteiger partial charge in [0.1, 0.15) is 54.5 Å². The van der Waals surface area contributed by atoms with Crippen LogP contribution in [0, 0.1) is 17.6 Å². The van der Waals surface area contributed by atoms with E-state index in [-0.39, 0.29) is 63.6 Å². The summed E-state index contributed by atoms with van der Waals surface area (Å²) in [6, 6.07) is -0.229. The molecule has 0 aliphatic carbocycles. The van der Waals surface area contributed by atoms with Crippen LogP contribution in [0.3, 0.4) is 0 Å². The van der Waals surface area contributed by atoms with Gasteiger partial charge in [-0.1, -0.05) is 13.0 Å². The maximum atomic E-state index is 14.6. The van der Waals surface area contributed by atoms with Crippen LogP contribution in [0.15, 0.2) is 36.4 Å². The molecule has 0 aromatic heterocycles. The van der Waals surface area contributed by atoms with Crippen LogP contribution in [0.4, 0.5) is 8.78 Å². The lowest BCUT2D eigenvalue weighted by molar-refractivity contribution is -0.158. The van der Waals surface area contributed by atoms with Gasteiger partial charge < -0.3 is 50.0 Å². The predicted molar refractivity (Wildman–Crippen MR) is 204 cm³/mol. The minimum atomic E-state index is -1.71. The van der Waals surface area contributed by atoms with Gasteiger partial charge in [0.2, 0.25) is 42.2 Å². The molecule has 4 fully saturated rings. The number of nitrogens with zero attached hydrogens (tertiary/aromatic N) is 3. The number of piperidine rings is 1. The van der Waals surface area contributed by atoms with Gasteiger partial charge in [-0.2, -0.15) is 0 Å². The molecule has 17 nitrogen and oxygen atoms in total. The van der Waals surface area contributed by atoms with Crippen LogP contribution in [0.1, 0.15) is 57.1 Å². The third-order valence-electron chi connectivity index (χ3n) is 11.6. The number of carbonyl (C=O) groups excluding carboxylic acids is 7. The van der Waals surface area contributed by atoms with Crippen molar-refractivity contribution >= 4 is 41.4 Å². The molecule has 2 aromatic rings. The molecule has 1 unspecified atom stereocenters. The number of aliphatic hydroxyl groups is 1. The number of esters is 1. The van der Waals surface area contributed by atoms with Crippen LogP contribution in [-0.2, 0) is 51.1 Å². The van der Waals surface area contributed by atoms with E-state index in [0.717, 1.165) is 17.0 Å². The van der Waals surface area contributed by atoms with Gasteiger partial charge in [0.15, 0.2) is 11.5 Å². The number of amides is 6. The van der Waals surface area contributed by atoms with Crippen molar-refractivity contribution in [3.8, 4) is 11.5 Å². The number of halogens is 2. The highest BCUT2D eigenvalue weighted by molar-refractivity contribution is 5.98. The van der Waals surface area contributed by atoms with Crippen molar-refractivity contribution in [2.45, 2.75) is 101 Å². The molecule has 0 radical (unpaired) electrons. The second-order valence-corrected chi connectivity index (χ2v) is 16.2. The van der Waals surface area contributed by atoms with Crippen LogP contribution >= 0.6 is 0 Å². The van der Waals surface area contributed by atoms with E-state index in [1.807, 2.05) is 6.92 Å². The number of rotatable bonds is 7. The Morgan fingerprint density at radius 2 is 1.57 bits per heavy atom. The molecule has 8 atom stereocenters. The fourth-order valence-electron chi connectivity index (χ4n) is 8.65. The first-order valence-corrected chi connectivity index (χ1v) is 20.1. The lowest BCUT2D eigenvalue weighted by Crippen LogP contribution is -2.62. The van der Waals surface area contributed by atoms with Crippen molar-refractivity contribution in [2.75, 3.05) is 33.0 Å². The van der Waals surface area contributed by atoms with Crippen LogP contribution in [0.2, 0.25) is 0 Å². The molecule has 0 saturated carbocycles. The van der Waals surface area contributed by atoms with E-state index in [9.17, 15) is 47.4 Å². The normalized spacial score (nSPS) is 27.7. The molecule has 4 N–H and O–H groups in total. The number of ether oxygens (including phenoxy) is 3. The Kier molecular flexibility index (Phi) is 12.5. The Morgan fingerprint density at radius 1 is 0.833 bits per heavy atom. The number of nitrogens with one attached hydrogen (secondary N) is 3. The van der Waals surface area contributed by atoms with Crippen molar-refractivity contribution < 1.29 is 61.7 Å². The Balaban J connectivity index is 1.19. The Hall–Kier alpha value is -5.85. The van der Waals surface area contributed by atoms with E-state index in [2.05, 4.69) is 16.0 Å². The smallest absolute Gasteiger partial charge is 0.328 e. The van der Waals surface area contributed by atoms with Crippen molar-refractivity contribution in [1.82, 2.24) is 30.7 Å². The number of fused-ring (bicyclic) bond motifs is 4. The standard InChI is InChI=1S/C41H48F2N6O11/c1-21-9-32-41(57)58-19-29(39(55)49-18-27(50)16-31(49)40(56)47-8-4-3-5-30(47)37(53)44-22(2)38(54)48(32)17-21)46-36(52)28(12-24-10-25(42)15-26(43)11-24)45-35(51)14-23-6-7-33-34(13-23)60-20-59-33/h6-7,10-11,13,15,21-22,27-32,50H,3-5,8-9,12,14,16-20H2,1-2H3,(H,44,53)(H,45,51)(H,46,52)/t21-,22+,27-,28+,29+,30?,31+,32+/m1/s1. The van der Waals surface area contributed by atoms with Gasteiger partial charge in [0, 0.05) is 38.5 Å². The van der Waals surface area contributed by atoms with Crippen molar-refractivity contribution in [2.24, 2.45) is 5.92 Å². The number of hydrogen-bond acceptors (Lipinski definition) is 11. The first kappa shape index (κ1) is 42.3. The minimum absolute atomic E-state index is 0.00319. The summed E-state index contributed by atoms with van der Waals surface area (Å²) in [6.45, 7) is 2.56. The summed E-state index contributed by atoms with van der Waals surface area (Å²) >= 11 is 0. The molecule has 5 heterocycles. The zero-order valence-electron chi connectivity index (χ0n) is 33.2. The summed E-state index contributed by atoms with van der Waals surface area (Å²) in [7, 11) is 0. The lowest BCUT2D eigenvalue weighted by atomic mass is 9.99. The van der Waals surface area contributed by atoms with E-state index < -0.39 is 108 Å². The van der Waals surface area contributed by atoms with Crippen LogP contribution in [0.5, 0.6) is 11.5 Å². The second kappa shape index (κ2) is 17.8. The molecule has 7 rings (SSSR count). The second-order valence-electron chi connectivity index (χ2n) is 16.2. The Labute approximate surface area is 344 Å². The molecule has 0 spiro atoms. The predicted octanol–water partition coefficient (Wildman–Crippen LogP) is 0.0897.